The largest absolute Gasteiger partial charge is 0.493 e. The molecule has 1 nitrogen and oxygen atoms in total. The van der Waals surface area contributed by atoms with Crippen molar-refractivity contribution in [1.29, 1.82) is 0 Å². The Bertz CT molecular complexity index is 739. The van der Waals surface area contributed by atoms with E-state index < -0.39 is 11.6 Å². The number of benzene rings is 2. The topological polar surface area (TPSA) is 9.23 Å². The van der Waals surface area contributed by atoms with E-state index in [1.54, 1.807) is 12.1 Å². The van der Waals surface area contributed by atoms with Crippen molar-refractivity contribution in [3.05, 3.63) is 63.1 Å². The summed E-state index contributed by atoms with van der Waals surface area (Å²) in [4.78, 5) is 0. The predicted octanol–water partition coefficient (Wildman–Crippen LogP) is 6.80. The maximum absolute atomic E-state index is 13.1. The number of hydrogen-bond donors (Lipinski definition) is 0. The molecule has 2 aromatic rings. The van der Waals surface area contributed by atoms with Crippen LogP contribution in [-0.2, 0) is 6.42 Å². The van der Waals surface area contributed by atoms with E-state index in [1.165, 1.54) is 0 Å². The summed E-state index contributed by atoms with van der Waals surface area (Å²) in [5.74, 6) is 0.458. The summed E-state index contributed by atoms with van der Waals surface area (Å²) in [5, 5.41) is 0.681. The first-order valence-electron chi connectivity index (χ1n) is 8.01. The fraction of sp³-hybridized carbons (Fsp3) is 0.368. The van der Waals surface area contributed by atoms with Gasteiger partial charge in [0.2, 0.25) is 0 Å². The summed E-state index contributed by atoms with van der Waals surface area (Å²) >= 11 is 9.61. The van der Waals surface area contributed by atoms with Gasteiger partial charge in [0.1, 0.15) is 12.4 Å². The van der Waals surface area contributed by atoms with E-state index in [2.05, 4.69) is 15.9 Å². The van der Waals surface area contributed by atoms with Crippen LogP contribution in [0, 0.1) is 5.41 Å². The normalized spacial score (nSPS) is 16.4. The minimum absolute atomic E-state index is 0.149. The molecule has 25 heavy (non-hydrogen) atoms. The van der Waals surface area contributed by atoms with Gasteiger partial charge in [-0.05, 0) is 60.7 Å². The molecule has 0 spiro atoms. The van der Waals surface area contributed by atoms with E-state index in [4.69, 9.17) is 16.3 Å². The van der Waals surface area contributed by atoms with Crippen molar-refractivity contribution in [3.63, 3.8) is 0 Å². The molecule has 1 fully saturated rings. The Morgan fingerprint density at radius 2 is 1.76 bits per heavy atom. The third kappa shape index (κ3) is 4.14. The van der Waals surface area contributed by atoms with Crippen molar-refractivity contribution >= 4 is 27.5 Å². The van der Waals surface area contributed by atoms with E-state index in [0.717, 1.165) is 15.6 Å². The zero-order valence-corrected chi connectivity index (χ0v) is 15.7. The zero-order chi connectivity index (χ0) is 18.1. The molecule has 0 amide bonds. The van der Waals surface area contributed by atoms with Gasteiger partial charge in [0.15, 0.2) is 0 Å². The Morgan fingerprint density at radius 1 is 1.08 bits per heavy atom. The first-order chi connectivity index (χ1) is 11.8. The number of alkyl halides is 3. The smallest absolute Gasteiger partial charge is 0.397 e. The third-order valence-corrected chi connectivity index (χ3v) is 5.61. The number of hydrogen-bond acceptors (Lipinski definition) is 1. The van der Waals surface area contributed by atoms with Gasteiger partial charge >= 0.3 is 6.18 Å². The van der Waals surface area contributed by atoms with Gasteiger partial charge in [0, 0.05) is 9.50 Å². The predicted molar refractivity (Wildman–Crippen MR) is 96.2 cm³/mol. The maximum atomic E-state index is 13.1. The minimum atomic E-state index is -4.21. The molecule has 1 saturated carbocycles. The summed E-state index contributed by atoms with van der Waals surface area (Å²) < 4.78 is 45.8. The van der Waals surface area contributed by atoms with Crippen LogP contribution >= 0.6 is 27.5 Å². The SMILES string of the molecule is FC(F)(F)C1(COc2ccc(Cc3cc(Br)ccc3Cl)cc2)CCC1. The average molecular weight is 434 g/mol. The van der Waals surface area contributed by atoms with E-state index >= 15 is 0 Å². The van der Waals surface area contributed by atoms with Crippen LogP contribution in [0.5, 0.6) is 5.75 Å². The lowest BCUT2D eigenvalue weighted by atomic mass is 9.69. The highest BCUT2D eigenvalue weighted by Gasteiger charge is 2.58. The molecule has 134 valence electrons. The summed E-state index contributed by atoms with van der Waals surface area (Å²) in [7, 11) is 0. The lowest BCUT2D eigenvalue weighted by molar-refractivity contribution is -0.259. The lowest BCUT2D eigenvalue weighted by Gasteiger charge is -2.42. The second-order valence-corrected chi connectivity index (χ2v) is 7.80. The summed E-state index contributed by atoms with van der Waals surface area (Å²) in [6.45, 7) is -0.312. The van der Waals surface area contributed by atoms with Gasteiger partial charge < -0.3 is 4.74 Å². The minimum Gasteiger partial charge on any atom is -0.493 e. The molecule has 0 aromatic heterocycles. The van der Waals surface area contributed by atoms with Crippen LogP contribution < -0.4 is 4.74 Å². The molecule has 0 unspecified atom stereocenters. The van der Waals surface area contributed by atoms with Gasteiger partial charge in [-0.3, -0.25) is 0 Å². The van der Waals surface area contributed by atoms with Crippen molar-refractivity contribution in [2.75, 3.05) is 6.61 Å². The van der Waals surface area contributed by atoms with Gasteiger partial charge in [0.05, 0.1) is 5.41 Å². The molecular weight excluding hydrogens is 417 g/mol. The van der Waals surface area contributed by atoms with Crippen LogP contribution in [0.4, 0.5) is 13.2 Å². The second-order valence-electron chi connectivity index (χ2n) is 6.48. The number of rotatable bonds is 5. The molecule has 0 bridgehead atoms. The van der Waals surface area contributed by atoms with E-state index in [0.29, 0.717) is 23.6 Å². The quantitative estimate of drug-likeness (QED) is 0.503. The van der Waals surface area contributed by atoms with Gasteiger partial charge in [-0.15, -0.1) is 0 Å². The van der Waals surface area contributed by atoms with Crippen LogP contribution in [0.15, 0.2) is 46.9 Å². The standard InChI is InChI=1S/C19H17BrClF3O/c20-15-4-7-17(21)14(11-15)10-13-2-5-16(6-3-13)25-12-18(8-1-9-18)19(22,23)24/h2-7,11H,1,8-10,12H2. The van der Waals surface area contributed by atoms with Crippen molar-refractivity contribution in [2.24, 2.45) is 5.41 Å². The number of ether oxygens (including phenoxy) is 1. The molecule has 2 aromatic carbocycles. The molecule has 3 rings (SSSR count). The van der Waals surface area contributed by atoms with Gasteiger partial charge in [-0.1, -0.05) is 46.1 Å². The first kappa shape index (κ1) is 18.6. The number of halogens is 5. The van der Waals surface area contributed by atoms with E-state index in [1.807, 2.05) is 30.3 Å². The zero-order valence-electron chi connectivity index (χ0n) is 13.4. The molecular formula is C19H17BrClF3O. The second kappa shape index (κ2) is 7.20. The monoisotopic (exact) mass is 432 g/mol. The molecule has 0 heterocycles. The highest BCUT2D eigenvalue weighted by Crippen LogP contribution is 2.53. The van der Waals surface area contributed by atoms with Crippen LogP contribution in [0.25, 0.3) is 0 Å². The summed E-state index contributed by atoms with van der Waals surface area (Å²) in [6.07, 6.45) is -2.66. The average Bonchev–Trinajstić information content (AvgIpc) is 2.50. The van der Waals surface area contributed by atoms with Crippen LogP contribution in [0.3, 0.4) is 0 Å². The van der Waals surface area contributed by atoms with Crippen molar-refractivity contribution in [1.82, 2.24) is 0 Å². The van der Waals surface area contributed by atoms with Crippen molar-refractivity contribution in [3.8, 4) is 5.75 Å². The van der Waals surface area contributed by atoms with Crippen molar-refractivity contribution in [2.45, 2.75) is 31.9 Å². The highest BCUT2D eigenvalue weighted by atomic mass is 79.9. The molecule has 0 aliphatic heterocycles. The molecule has 0 saturated heterocycles. The van der Waals surface area contributed by atoms with Crippen LogP contribution in [-0.4, -0.2) is 12.8 Å². The molecule has 6 heteroatoms. The Hall–Kier alpha value is -1.20. The summed E-state index contributed by atoms with van der Waals surface area (Å²) in [5.41, 5.74) is 0.326. The van der Waals surface area contributed by atoms with E-state index in [9.17, 15) is 13.2 Å². The first-order valence-corrected chi connectivity index (χ1v) is 9.19. The van der Waals surface area contributed by atoms with Gasteiger partial charge in [0.25, 0.3) is 0 Å². The maximum Gasteiger partial charge on any atom is 0.397 e. The van der Waals surface area contributed by atoms with Gasteiger partial charge in [-0.25, -0.2) is 0 Å². The Balaban J connectivity index is 1.64. The van der Waals surface area contributed by atoms with Gasteiger partial charge in [-0.2, -0.15) is 13.2 Å². The third-order valence-electron chi connectivity index (χ3n) is 4.75. The Morgan fingerprint density at radius 3 is 2.32 bits per heavy atom. The molecule has 0 radical (unpaired) electrons. The molecule has 0 N–H and O–H groups in total. The van der Waals surface area contributed by atoms with Crippen LogP contribution in [0.1, 0.15) is 30.4 Å². The van der Waals surface area contributed by atoms with E-state index in [-0.39, 0.29) is 19.4 Å². The molecule has 1 aliphatic carbocycles. The highest BCUT2D eigenvalue weighted by molar-refractivity contribution is 9.10. The fourth-order valence-electron chi connectivity index (χ4n) is 2.94. The lowest BCUT2D eigenvalue weighted by Crippen LogP contribution is -2.48. The fourth-order valence-corrected chi connectivity index (χ4v) is 3.53. The van der Waals surface area contributed by atoms with Crippen molar-refractivity contribution < 1.29 is 17.9 Å². The van der Waals surface area contributed by atoms with Crippen LogP contribution in [0.2, 0.25) is 5.02 Å². The molecule has 0 atom stereocenters. The summed E-state index contributed by atoms with van der Waals surface area (Å²) in [6, 6.07) is 12.8. The Labute approximate surface area is 158 Å². The Kier molecular flexibility index (Phi) is 5.35. The molecule has 1 aliphatic rings.